The number of hydrogen-bond donors (Lipinski definition) is 0. The smallest absolute Gasteiger partial charge is 0.0888 e. The molecule has 33 heavy (non-hydrogen) atoms. The van der Waals surface area contributed by atoms with E-state index in [2.05, 4.69) is 58.4 Å². The predicted octanol–water partition coefficient (Wildman–Crippen LogP) is 12.7. The highest BCUT2D eigenvalue weighted by molar-refractivity contribution is 9.10. The zero-order valence-electron chi connectivity index (χ0n) is 15.5. The van der Waals surface area contributed by atoms with Crippen LogP contribution >= 0.6 is 155 Å². The number of alkyl halides is 4. The van der Waals surface area contributed by atoms with Crippen molar-refractivity contribution < 1.29 is 0 Å². The third-order valence-corrected chi connectivity index (χ3v) is 10.7. The van der Waals surface area contributed by atoms with Gasteiger partial charge in [-0.15, -0.1) is 0 Å². The number of allylic oxidation sites excluding steroid dienone is 8. The molecule has 0 saturated carbocycles. The number of hydrogen-bond acceptors (Lipinski definition) is 0. The van der Waals surface area contributed by atoms with Crippen molar-refractivity contribution in [3.8, 4) is 0 Å². The minimum absolute atomic E-state index is 0.0394. The van der Waals surface area contributed by atoms with Gasteiger partial charge in [-0.3, -0.25) is 0 Å². The van der Waals surface area contributed by atoms with Crippen LogP contribution in [-0.2, 0) is 0 Å². The molecule has 2 aromatic rings. The second-order valence-corrected chi connectivity index (χ2v) is 12.7. The first-order chi connectivity index (χ1) is 15.1. The van der Waals surface area contributed by atoms with Gasteiger partial charge < -0.3 is 0 Å². The third kappa shape index (κ3) is 6.94. The van der Waals surface area contributed by atoms with Crippen molar-refractivity contribution in [1.29, 1.82) is 0 Å². The van der Waals surface area contributed by atoms with Gasteiger partial charge in [0.25, 0.3) is 0 Å². The SMILES string of the molecule is Brc1ccc2ccccc2c1.ClC1=C(Cl)C(Cl)(Cl)C(Cl)=C1Cl.ClC1=C(Cl)C(Cl)(Cl)C(Cl)=C1Cl. The molecule has 2 aliphatic carbocycles. The largest absolute Gasteiger partial charge is 0.191 e. The van der Waals surface area contributed by atoms with Crippen LogP contribution in [0.3, 0.4) is 0 Å². The first-order valence-electron chi connectivity index (χ1n) is 8.27. The fraction of sp³-hybridized carbons (Fsp3) is 0.100. The van der Waals surface area contributed by atoms with Gasteiger partial charge in [-0.05, 0) is 22.9 Å². The molecule has 0 nitrogen and oxygen atoms in total. The van der Waals surface area contributed by atoms with Gasteiger partial charge in [-0.25, -0.2) is 0 Å². The number of halogens is 13. The molecule has 0 unspecified atom stereocenters. The van der Waals surface area contributed by atoms with Gasteiger partial charge in [-0.1, -0.05) is 185 Å². The summed E-state index contributed by atoms with van der Waals surface area (Å²) >= 11 is 71.0. The van der Waals surface area contributed by atoms with Gasteiger partial charge in [0.2, 0.25) is 0 Å². The van der Waals surface area contributed by atoms with E-state index in [1.165, 1.54) is 10.8 Å². The average Bonchev–Trinajstić information content (AvgIpc) is 3.00. The molecule has 0 fully saturated rings. The molecule has 2 aliphatic rings. The molecule has 2 aromatic carbocycles. The zero-order valence-corrected chi connectivity index (χ0v) is 26.1. The van der Waals surface area contributed by atoms with Gasteiger partial charge in [-0.2, -0.15) is 0 Å². The lowest BCUT2D eigenvalue weighted by Gasteiger charge is -2.11. The Morgan fingerprint density at radius 3 is 1.12 bits per heavy atom. The summed E-state index contributed by atoms with van der Waals surface area (Å²) in [5.41, 5.74) is 0. The summed E-state index contributed by atoms with van der Waals surface area (Å²) in [6.07, 6.45) is 0. The predicted molar refractivity (Wildman–Crippen MR) is 155 cm³/mol. The lowest BCUT2D eigenvalue weighted by atomic mass is 10.1. The van der Waals surface area contributed by atoms with Gasteiger partial charge in [0, 0.05) is 4.47 Å². The van der Waals surface area contributed by atoms with Crippen molar-refractivity contribution in [2.24, 2.45) is 0 Å². The maximum atomic E-state index is 5.68. The summed E-state index contributed by atoms with van der Waals surface area (Å²) in [6.45, 7) is 0. The summed E-state index contributed by atoms with van der Waals surface area (Å²) in [5.74, 6) is 0. The van der Waals surface area contributed by atoms with E-state index in [9.17, 15) is 0 Å². The van der Waals surface area contributed by atoms with Crippen molar-refractivity contribution in [1.82, 2.24) is 0 Å². The minimum Gasteiger partial charge on any atom is -0.0888 e. The lowest BCUT2D eigenvalue weighted by Crippen LogP contribution is -2.09. The average molecular weight is 753 g/mol. The van der Waals surface area contributed by atoms with Crippen LogP contribution in [0.5, 0.6) is 0 Å². The van der Waals surface area contributed by atoms with Gasteiger partial charge in [0.05, 0.1) is 40.3 Å². The fourth-order valence-corrected chi connectivity index (χ4v) is 5.80. The first kappa shape index (κ1) is 30.8. The molecular weight excluding hydrogens is 746 g/mol. The number of rotatable bonds is 0. The van der Waals surface area contributed by atoms with Crippen LogP contribution in [-0.4, -0.2) is 8.67 Å². The molecular formula is C20H7BrCl12. The number of benzene rings is 2. The fourth-order valence-electron chi connectivity index (χ4n) is 2.29. The molecule has 0 bridgehead atoms. The Kier molecular flexibility index (Phi) is 11.6. The first-order valence-corrected chi connectivity index (χ1v) is 13.6. The van der Waals surface area contributed by atoms with E-state index in [1.807, 2.05) is 0 Å². The molecule has 0 aliphatic heterocycles. The molecule has 0 spiro atoms. The number of fused-ring (bicyclic) bond motifs is 1. The van der Waals surface area contributed by atoms with Crippen LogP contribution in [0.25, 0.3) is 10.8 Å². The standard InChI is InChI=1S/C10H7Br.2C5Cl6/c11-10-6-5-8-3-1-2-4-9(8)7-10;2*6-1-2(7)4(9)5(10,11)3(1)8/h1-7H;;. The minimum atomic E-state index is -1.47. The Labute approximate surface area is 259 Å². The molecule has 0 atom stereocenters. The van der Waals surface area contributed by atoms with Crippen molar-refractivity contribution in [2.75, 3.05) is 0 Å². The molecule has 0 heterocycles. The lowest BCUT2D eigenvalue weighted by molar-refractivity contribution is 1.24. The molecule has 0 radical (unpaired) electrons. The summed E-state index contributed by atoms with van der Waals surface area (Å²) in [7, 11) is 0. The molecule has 0 amide bonds. The van der Waals surface area contributed by atoms with Gasteiger partial charge in [0.15, 0.2) is 8.67 Å². The Hall–Kier alpha value is 1.62. The van der Waals surface area contributed by atoms with Crippen LogP contribution in [0.2, 0.25) is 0 Å². The van der Waals surface area contributed by atoms with Crippen molar-refractivity contribution in [3.63, 3.8) is 0 Å². The highest BCUT2D eigenvalue weighted by Gasteiger charge is 2.43. The molecule has 178 valence electrons. The summed E-state index contributed by atoms with van der Waals surface area (Å²) in [4.78, 5) is 0. The van der Waals surface area contributed by atoms with E-state index in [4.69, 9.17) is 139 Å². The Morgan fingerprint density at radius 2 is 0.818 bits per heavy atom. The Bertz CT molecular complexity index is 1100. The third-order valence-electron chi connectivity index (χ3n) is 3.97. The zero-order chi connectivity index (χ0) is 25.3. The van der Waals surface area contributed by atoms with Crippen molar-refractivity contribution in [3.05, 3.63) is 87.2 Å². The quantitative estimate of drug-likeness (QED) is 0.235. The monoisotopic (exact) mass is 746 g/mol. The van der Waals surface area contributed by atoms with Gasteiger partial charge in [0.1, 0.15) is 0 Å². The Balaban J connectivity index is 0.000000175. The van der Waals surface area contributed by atoms with Crippen LogP contribution in [0.4, 0.5) is 0 Å². The van der Waals surface area contributed by atoms with Crippen LogP contribution in [0.15, 0.2) is 87.2 Å². The summed E-state index contributed by atoms with van der Waals surface area (Å²) in [5, 5.41) is 3.13. The van der Waals surface area contributed by atoms with E-state index in [1.54, 1.807) is 0 Å². The molecule has 0 aromatic heterocycles. The van der Waals surface area contributed by atoms with Crippen LogP contribution < -0.4 is 0 Å². The summed E-state index contributed by atoms with van der Waals surface area (Å²) < 4.78 is -1.81. The second kappa shape index (κ2) is 12.4. The van der Waals surface area contributed by atoms with Crippen molar-refractivity contribution >= 4 is 166 Å². The summed E-state index contributed by atoms with van der Waals surface area (Å²) in [6, 6.07) is 14.6. The van der Waals surface area contributed by atoms with E-state index in [0.29, 0.717) is 0 Å². The van der Waals surface area contributed by atoms with Crippen LogP contribution in [0, 0.1) is 0 Å². The Morgan fingerprint density at radius 1 is 0.485 bits per heavy atom. The van der Waals surface area contributed by atoms with E-state index < -0.39 is 8.67 Å². The topological polar surface area (TPSA) is 0 Å². The maximum absolute atomic E-state index is 5.68. The van der Waals surface area contributed by atoms with E-state index >= 15 is 0 Å². The van der Waals surface area contributed by atoms with E-state index in [-0.39, 0.29) is 40.3 Å². The van der Waals surface area contributed by atoms with E-state index in [0.717, 1.165) is 4.47 Å². The highest BCUT2D eigenvalue weighted by atomic mass is 79.9. The van der Waals surface area contributed by atoms with Crippen LogP contribution in [0.1, 0.15) is 0 Å². The van der Waals surface area contributed by atoms with Crippen molar-refractivity contribution in [2.45, 2.75) is 8.67 Å². The molecule has 13 heteroatoms. The normalized spacial score (nSPS) is 19.1. The second-order valence-electron chi connectivity index (χ2n) is 6.15. The maximum Gasteiger partial charge on any atom is 0.191 e. The molecule has 0 saturated heterocycles. The molecule has 4 rings (SSSR count). The molecule has 0 N–H and O–H groups in total. The highest BCUT2D eigenvalue weighted by Crippen LogP contribution is 2.54. The van der Waals surface area contributed by atoms with Gasteiger partial charge >= 0.3 is 0 Å².